The molecule has 0 aliphatic heterocycles. The second kappa shape index (κ2) is 8.06. The van der Waals surface area contributed by atoms with Gasteiger partial charge >= 0.3 is 5.97 Å². The van der Waals surface area contributed by atoms with Crippen molar-refractivity contribution in [3.8, 4) is 11.5 Å². The molecule has 1 heterocycles. The second-order valence-corrected chi connectivity index (χ2v) is 6.09. The van der Waals surface area contributed by atoms with Gasteiger partial charge in [-0.15, -0.1) is 0 Å². The van der Waals surface area contributed by atoms with Crippen molar-refractivity contribution in [2.75, 3.05) is 13.7 Å². The molecule has 5 nitrogen and oxygen atoms in total. The Morgan fingerprint density at radius 1 is 1.12 bits per heavy atom. The van der Waals surface area contributed by atoms with E-state index in [0.29, 0.717) is 22.2 Å². The van der Waals surface area contributed by atoms with Crippen LogP contribution in [0.15, 0.2) is 48.5 Å². The van der Waals surface area contributed by atoms with Gasteiger partial charge in [0.25, 0.3) is 0 Å². The van der Waals surface area contributed by atoms with Gasteiger partial charge in [-0.05, 0) is 36.8 Å². The van der Waals surface area contributed by atoms with E-state index in [1.807, 2.05) is 49.4 Å². The normalized spacial score (nSPS) is 10.6. The molecule has 0 amide bonds. The van der Waals surface area contributed by atoms with Gasteiger partial charge in [-0.25, -0.2) is 9.78 Å². The number of ether oxygens (including phenoxy) is 3. The number of esters is 1. The van der Waals surface area contributed by atoms with Gasteiger partial charge in [0.2, 0.25) is 0 Å². The summed E-state index contributed by atoms with van der Waals surface area (Å²) >= 11 is 6.16. The average molecular weight is 372 g/mol. The van der Waals surface area contributed by atoms with E-state index in [4.69, 9.17) is 25.8 Å². The largest absolute Gasteiger partial charge is 0.493 e. The number of carbonyl (C=O) groups excluding carboxylic acids is 1. The Kier molecular flexibility index (Phi) is 5.58. The summed E-state index contributed by atoms with van der Waals surface area (Å²) in [6, 6.07) is 14.9. The van der Waals surface area contributed by atoms with Crippen molar-refractivity contribution in [2.45, 2.75) is 13.5 Å². The molecule has 0 atom stereocenters. The summed E-state index contributed by atoms with van der Waals surface area (Å²) in [6.45, 7) is 1.75. The number of nitrogens with zero attached hydrogens (tertiary/aromatic N) is 1. The molecule has 0 N–H and O–H groups in total. The van der Waals surface area contributed by atoms with Crippen LogP contribution in [-0.4, -0.2) is 24.7 Å². The van der Waals surface area contributed by atoms with Crippen LogP contribution < -0.4 is 9.47 Å². The molecule has 0 saturated carbocycles. The zero-order valence-electron chi connectivity index (χ0n) is 14.5. The number of fused-ring (bicyclic) bond motifs is 1. The fourth-order valence-electron chi connectivity index (χ4n) is 2.47. The highest BCUT2D eigenvalue weighted by Crippen LogP contribution is 2.27. The van der Waals surface area contributed by atoms with E-state index in [1.165, 1.54) is 0 Å². The van der Waals surface area contributed by atoms with Gasteiger partial charge in [0.15, 0.2) is 18.1 Å². The topological polar surface area (TPSA) is 57.7 Å². The molecule has 1 aromatic heterocycles. The fraction of sp³-hybridized carbons (Fsp3) is 0.200. The lowest BCUT2D eigenvalue weighted by Crippen LogP contribution is -2.15. The highest BCUT2D eigenvalue weighted by atomic mass is 35.5. The molecular formula is C20H18ClNO4. The highest BCUT2D eigenvalue weighted by molar-refractivity contribution is 6.30. The van der Waals surface area contributed by atoms with E-state index < -0.39 is 5.97 Å². The predicted octanol–water partition coefficient (Wildman–Crippen LogP) is 4.33. The van der Waals surface area contributed by atoms with Crippen molar-refractivity contribution < 1.29 is 19.0 Å². The number of methoxy groups -OCH3 is 1. The van der Waals surface area contributed by atoms with Crippen molar-refractivity contribution in [2.24, 2.45) is 0 Å². The minimum Gasteiger partial charge on any atom is -0.493 e. The van der Waals surface area contributed by atoms with Gasteiger partial charge in [0.1, 0.15) is 11.8 Å². The van der Waals surface area contributed by atoms with Crippen LogP contribution in [0.1, 0.15) is 11.1 Å². The first-order valence-corrected chi connectivity index (χ1v) is 8.42. The molecule has 3 aromatic rings. The van der Waals surface area contributed by atoms with E-state index in [9.17, 15) is 4.79 Å². The van der Waals surface area contributed by atoms with Crippen LogP contribution in [0.4, 0.5) is 0 Å². The third-order valence-corrected chi connectivity index (χ3v) is 4.13. The molecule has 26 heavy (non-hydrogen) atoms. The van der Waals surface area contributed by atoms with Crippen LogP contribution in [0.25, 0.3) is 10.9 Å². The zero-order valence-corrected chi connectivity index (χ0v) is 15.2. The molecule has 134 valence electrons. The Labute approximate surface area is 156 Å². The van der Waals surface area contributed by atoms with Gasteiger partial charge in [-0.2, -0.15) is 0 Å². The molecule has 0 aliphatic carbocycles. The number of hydrogen-bond acceptors (Lipinski definition) is 5. The van der Waals surface area contributed by atoms with Crippen molar-refractivity contribution in [1.29, 1.82) is 0 Å². The molecule has 0 unspecified atom stereocenters. The standard InChI is InChI=1S/C20H18ClNO4/c1-13-7-8-17(18(9-13)24-2)25-12-19(23)26-11-15-10-14-5-3-4-6-16(14)22-20(15)21/h3-10H,11-12H2,1-2H3. The lowest BCUT2D eigenvalue weighted by atomic mass is 10.2. The van der Waals surface area contributed by atoms with Crippen LogP contribution in [0.5, 0.6) is 11.5 Å². The molecule has 0 bridgehead atoms. The molecular weight excluding hydrogens is 354 g/mol. The lowest BCUT2D eigenvalue weighted by molar-refractivity contribution is -0.147. The predicted molar refractivity (Wildman–Crippen MR) is 99.8 cm³/mol. The number of benzene rings is 2. The summed E-state index contributed by atoms with van der Waals surface area (Å²) in [5, 5.41) is 1.25. The molecule has 0 aliphatic rings. The minimum atomic E-state index is -0.503. The summed E-state index contributed by atoms with van der Waals surface area (Å²) in [5.41, 5.74) is 2.48. The Morgan fingerprint density at radius 2 is 1.92 bits per heavy atom. The molecule has 6 heteroatoms. The number of rotatable bonds is 6. The molecule has 0 fully saturated rings. The van der Waals surface area contributed by atoms with Crippen molar-refractivity contribution in [3.05, 3.63) is 64.8 Å². The van der Waals surface area contributed by atoms with E-state index in [1.54, 1.807) is 13.2 Å². The molecule has 2 aromatic carbocycles. The van der Waals surface area contributed by atoms with Crippen LogP contribution in [0, 0.1) is 6.92 Å². The van der Waals surface area contributed by atoms with Gasteiger partial charge in [0.05, 0.1) is 12.6 Å². The van der Waals surface area contributed by atoms with E-state index in [0.717, 1.165) is 16.5 Å². The Morgan fingerprint density at radius 3 is 2.73 bits per heavy atom. The lowest BCUT2D eigenvalue weighted by Gasteiger charge is -2.11. The summed E-state index contributed by atoms with van der Waals surface area (Å²) in [4.78, 5) is 16.3. The third kappa shape index (κ3) is 4.24. The maximum Gasteiger partial charge on any atom is 0.344 e. The van der Waals surface area contributed by atoms with E-state index in [-0.39, 0.29) is 13.2 Å². The SMILES string of the molecule is COc1cc(C)ccc1OCC(=O)OCc1cc2ccccc2nc1Cl. The number of pyridine rings is 1. The van der Waals surface area contributed by atoms with E-state index in [2.05, 4.69) is 4.98 Å². The summed E-state index contributed by atoms with van der Waals surface area (Å²) < 4.78 is 16.0. The van der Waals surface area contributed by atoms with Gasteiger partial charge < -0.3 is 14.2 Å². The first kappa shape index (κ1) is 18.0. The van der Waals surface area contributed by atoms with Crippen molar-refractivity contribution in [3.63, 3.8) is 0 Å². The third-order valence-electron chi connectivity index (χ3n) is 3.80. The Bertz CT molecular complexity index is 942. The van der Waals surface area contributed by atoms with Crippen LogP contribution in [0.3, 0.4) is 0 Å². The second-order valence-electron chi connectivity index (χ2n) is 5.73. The molecule has 0 saturated heterocycles. The maximum absolute atomic E-state index is 12.0. The first-order valence-electron chi connectivity index (χ1n) is 8.04. The number of aromatic nitrogens is 1. The monoisotopic (exact) mass is 371 g/mol. The fourth-order valence-corrected chi connectivity index (χ4v) is 2.67. The number of aryl methyl sites for hydroxylation is 1. The number of halogens is 1. The molecule has 0 radical (unpaired) electrons. The average Bonchev–Trinajstić information content (AvgIpc) is 2.65. The Balaban J connectivity index is 1.60. The van der Waals surface area contributed by atoms with Gasteiger partial charge in [-0.3, -0.25) is 0 Å². The number of para-hydroxylation sites is 1. The van der Waals surface area contributed by atoms with Crippen LogP contribution in [-0.2, 0) is 16.1 Å². The zero-order chi connectivity index (χ0) is 18.5. The molecule has 3 rings (SSSR count). The highest BCUT2D eigenvalue weighted by Gasteiger charge is 2.11. The quantitative estimate of drug-likeness (QED) is 0.477. The van der Waals surface area contributed by atoms with Gasteiger partial charge in [0, 0.05) is 10.9 Å². The van der Waals surface area contributed by atoms with Crippen molar-refractivity contribution in [1.82, 2.24) is 4.98 Å². The summed E-state index contributed by atoms with van der Waals surface area (Å²) in [6.07, 6.45) is 0. The van der Waals surface area contributed by atoms with E-state index >= 15 is 0 Å². The molecule has 0 spiro atoms. The smallest absolute Gasteiger partial charge is 0.344 e. The minimum absolute atomic E-state index is 0.0316. The van der Waals surface area contributed by atoms with Crippen LogP contribution >= 0.6 is 11.6 Å². The first-order chi connectivity index (χ1) is 12.6. The number of carbonyl (C=O) groups is 1. The maximum atomic E-state index is 12.0. The number of hydrogen-bond donors (Lipinski definition) is 0. The summed E-state index contributed by atoms with van der Waals surface area (Å²) in [5.74, 6) is 0.553. The summed E-state index contributed by atoms with van der Waals surface area (Å²) in [7, 11) is 1.55. The van der Waals surface area contributed by atoms with Crippen molar-refractivity contribution >= 4 is 28.5 Å². The van der Waals surface area contributed by atoms with Crippen LogP contribution in [0.2, 0.25) is 5.15 Å². The van der Waals surface area contributed by atoms with Gasteiger partial charge in [-0.1, -0.05) is 35.9 Å². The Hall–Kier alpha value is -2.79.